The van der Waals surface area contributed by atoms with Crippen LogP contribution in [0.15, 0.2) is 78.9 Å². The van der Waals surface area contributed by atoms with Gasteiger partial charge in [0.15, 0.2) is 0 Å². The summed E-state index contributed by atoms with van der Waals surface area (Å²) >= 11 is 0. The molecule has 3 aromatic rings. The van der Waals surface area contributed by atoms with Crippen LogP contribution in [0.25, 0.3) is 17.2 Å². The van der Waals surface area contributed by atoms with Crippen LogP contribution >= 0.6 is 0 Å². The van der Waals surface area contributed by atoms with E-state index < -0.39 is 18.3 Å². The third-order valence-electron chi connectivity index (χ3n) is 5.81. The number of ether oxygens (including phenoxy) is 1. The molecule has 4 rings (SSSR count). The SMILES string of the molecule is O=C/C=C/c1ccc(C(O)C(O)CNC(=O)OCC2c3ccccc3-c3ccccc32)cc1. The minimum atomic E-state index is -1.21. The van der Waals surface area contributed by atoms with Crippen molar-refractivity contribution in [2.24, 2.45) is 0 Å². The van der Waals surface area contributed by atoms with E-state index in [4.69, 9.17) is 4.74 Å². The molecule has 1 amide bonds. The van der Waals surface area contributed by atoms with E-state index in [1.807, 2.05) is 36.4 Å². The molecular weight excluding hydrogens is 418 g/mol. The number of benzene rings is 3. The monoisotopic (exact) mass is 443 g/mol. The zero-order chi connectivity index (χ0) is 23.2. The molecule has 1 aliphatic rings. The van der Waals surface area contributed by atoms with E-state index in [9.17, 15) is 19.8 Å². The number of aldehydes is 1. The van der Waals surface area contributed by atoms with Crippen LogP contribution in [0.3, 0.4) is 0 Å². The Balaban J connectivity index is 1.31. The molecule has 0 fully saturated rings. The molecule has 6 nitrogen and oxygen atoms in total. The number of nitrogens with one attached hydrogen (secondary N) is 1. The number of aliphatic hydroxyl groups excluding tert-OH is 2. The summed E-state index contributed by atoms with van der Waals surface area (Å²) in [6.07, 6.45) is 0.653. The number of carbonyl (C=O) groups excluding carboxylic acids is 2. The molecule has 3 aromatic carbocycles. The van der Waals surface area contributed by atoms with Crippen molar-refractivity contribution in [3.63, 3.8) is 0 Å². The predicted molar refractivity (Wildman–Crippen MR) is 126 cm³/mol. The molecular formula is C27H25NO5. The third-order valence-corrected chi connectivity index (χ3v) is 5.81. The predicted octanol–water partition coefficient (Wildman–Crippen LogP) is 3.83. The first-order valence-electron chi connectivity index (χ1n) is 10.7. The molecule has 2 unspecified atom stereocenters. The van der Waals surface area contributed by atoms with Crippen molar-refractivity contribution < 1.29 is 24.5 Å². The highest BCUT2D eigenvalue weighted by Gasteiger charge is 2.29. The van der Waals surface area contributed by atoms with Crippen molar-refractivity contribution in [2.75, 3.05) is 13.2 Å². The van der Waals surface area contributed by atoms with E-state index in [1.165, 1.54) is 6.08 Å². The fourth-order valence-corrected chi connectivity index (χ4v) is 4.13. The van der Waals surface area contributed by atoms with Gasteiger partial charge in [0.1, 0.15) is 25.1 Å². The molecule has 0 aromatic heterocycles. The molecule has 168 valence electrons. The van der Waals surface area contributed by atoms with Gasteiger partial charge in [-0.1, -0.05) is 78.9 Å². The lowest BCUT2D eigenvalue weighted by atomic mass is 9.98. The lowest BCUT2D eigenvalue weighted by Gasteiger charge is -2.19. The molecule has 0 spiro atoms. The van der Waals surface area contributed by atoms with Crippen molar-refractivity contribution in [2.45, 2.75) is 18.1 Å². The Bertz CT molecular complexity index is 1110. The second-order valence-electron chi connectivity index (χ2n) is 7.88. The summed E-state index contributed by atoms with van der Waals surface area (Å²) in [5, 5.41) is 23.2. The first kappa shape index (κ1) is 22.5. The zero-order valence-corrected chi connectivity index (χ0v) is 17.9. The molecule has 1 aliphatic carbocycles. The number of amides is 1. The maximum absolute atomic E-state index is 12.3. The largest absolute Gasteiger partial charge is 0.449 e. The summed E-state index contributed by atoms with van der Waals surface area (Å²) in [6, 6.07) is 22.9. The number of aliphatic hydroxyl groups is 2. The second kappa shape index (κ2) is 10.3. The third kappa shape index (κ3) is 5.03. The Morgan fingerprint density at radius 2 is 1.55 bits per heavy atom. The summed E-state index contributed by atoms with van der Waals surface area (Å²) in [5.74, 6) is -0.0505. The molecule has 0 aliphatic heterocycles. The van der Waals surface area contributed by atoms with Crippen molar-refractivity contribution in [3.8, 4) is 11.1 Å². The lowest BCUT2D eigenvalue weighted by Crippen LogP contribution is -2.36. The number of alkyl carbamates (subject to hydrolysis) is 1. The normalized spacial score (nSPS) is 14.4. The van der Waals surface area contributed by atoms with Gasteiger partial charge in [-0.15, -0.1) is 0 Å². The van der Waals surface area contributed by atoms with Gasteiger partial charge in [0.05, 0.1) is 0 Å². The Morgan fingerprint density at radius 3 is 2.15 bits per heavy atom. The van der Waals surface area contributed by atoms with E-state index in [0.29, 0.717) is 11.8 Å². The number of allylic oxidation sites excluding steroid dienone is 1. The van der Waals surface area contributed by atoms with Crippen LogP contribution < -0.4 is 5.32 Å². The molecule has 0 saturated heterocycles. The molecule has 0 bridgehead atoms. The first-order valence-corrected chi connectivity index (χ1v) is 10.7. The summed E-state index contributed by atoms with van der Waals surface area (Å²) in [4.78, 5) is 22.7. The van der Waals surface area contributed by atoms with Gasteiger partial charge in [0.2, 0.25) is 0 Å². The van der Waals surface area contributed by atoms with Crippen LogP contribution in [0.2, 0.25) is 0 Å². The fourth-order valence-electron chi connectivity index (χ4n) is 4.13. The molecule has 6 heteroatoms. The lowest BCUT2D eigenvalue weighted by molar-refractivity contribution is -0.104. The maximum Gasteiger partial charge on any atom is 0.407 e. The van der Waals surface area contributed by atoms with Crippen LogP contribution in [-0.2, 0) is 9.53 Å². The highest BCUT2D eigenvalue weighted by Crippen LogP contribution is 2.44. The average Bonchev–Trinajstić information content (AvgIpc) is 3.18. The Kier molecular flexibility index (Phi) is 6.98. The van der Waals surface area contributed by atoms with E-state index in [0.717, 1.165) is 27.8 Å². The molecule has 3 N–H and O–H groups in total. The minimum Gasteiger partial charge on any atom is -0.449 e. The Hall–Kier alpha value is -3.74. The maximum atomic E-state index is 12.3. The van der Waals surface area contributed by atoms with Gasteiger partial charge < -0.3 is 20.3 Å². The first-order chi connectivity index (χ1) is 16.1. The second-order valence-corrected chi connectivity index (χ2v) is 7.88. The van der Waals surface area contributed by atoms with E-state index in [-0.39, 0.29) is 19.1 Å². The molecule has 33 heavy (non-hydrogen) atoms. The Morgan fingerprint density at radius 1 is 0.939 bits per heavy atom. The van der Waals surface area contributed by atoms with Crippen LogP contribution in [0.4, 0.5) is 4.79 Å². The van der Waals surface area contributed by atoms with Crippen molar-refractivity contribution in [1.29, 1.82) is 0 Å². The topological polar surface area (TPSA) is 95.9 Å². The van der Waals surface area contributed by atoms with Gasteiger partial charge >= 0.3 is 6.09 Å². The van der Waals surface area contributed by atoms with E-state index in [2.05, 4.69) is 17.4 Å². The van der Waals surface area contributed by atoms with Crippen molar-refractivity contribution in [1.82, 2.24) is 5.32 Å². The number of hydrogen-bond acceptors (Lipinski definition) is 5. The Labute approximate surface area is 192 Å². The summed E-state index contributed by atoms with van der Waals surface area (Å²) < 4.78 is 5.45. The van der Waals surface area contributed by atoms with Crippen LogP contribution in [0.5, 0.6) is 0 Å². The van der Waals surface area contributed by atoms with E-state index >= 15 is 0 Å². The van der Waals surface area contributed by atoms with Gasteiger partial charge in [0, 0.05) is 12.5 Å². The van der Waals surface area contributed by atoms with Gasteiger partial charge in [-0.25, -0.2) is 4.79 Å². The zero-order valence-electron chi connectivity index (χ0n) is 17.9. The summed E-state index contributed by atoms with van der Waals surface area (Å²) in [5.41, 5.74) is 5.83. The van der Waals surface area contributed by atoms with Gasteiger partial charge in [-0.05, 0) is 39.5 Å². The number of rotatable bonds is 8. The molecule has 0 heterocycles. The number of fused-ring (bicyclic) bond motifs is 3. The van der Waals surface area contributed by atoms with Crippen molar-refractivity contribution in [3.05, 3.63) is 101 Å². The molecule has 0 radical (unpaired) electrons. The van der Waals surface area contributed by atoms with Gasteiger partial charge in [-0.2, -0.15) is 0 Å². The smallest absolute Gasteiger partial charge is 0.407 e. The number of carbonyl (C=O) groups is 2. The van der Waals surface area contributed by atoms with Crippen LogP contribution in [0.1, 0.15) is 34.3 Å². The molecule has 2 atom stereocenters. The van der Waals surface area contributed by atoms with Crippen LogP contribution in [-0.4, -0.2) is 41.8 Å². The fraction of sp³-hybridized carbons (Fsp3) is 0.185. The van der Waals surface area contributed by atoms with Crippen LogP contribution in [0, 0.1) is 0 Å². The number of hydrogen-bond donors (Lipinski definition) is 3. The molecule has 0 saturated carbocycles. The quantitative estimate of drug-likeness (QED) is 0.363. The summed E-state index contributed by atoms with van der Waals surface area (Å²) in [7, 11) is 0. The average molecular weight is 443 g/mol. The minimum absolute atomic E-state index is 0.0505. The van der Waals surface area contributed by atoms with E-state index in [1.54, 1.807) is 30.3 Å². The summed E-state index contributed by atoms with van der Waals surface area (Å²) in [6.45, 7) is 0.0128. The van der Waals surface area contributed by atoms with Crippen molar-refractivity contribution >= 4 is 18.5 Å². The van der Waals surface area contributed by atoms with Gasteiger partial charge in [-0.3, -0.25) is 4.79 Å². The highest BCUT2D eigenvalue weighted by molar-refractivity contribution is 5.79. The highest BCUT2D eigenvalue weighted by atomic mass is 16.5. The van der Waals surface area contributed by atoms with Gasteiger partial charge in [0.25, 0.3) is 0 Å². The standard InChI is InChI=1S/C27H25NO5/c29-15-5-6-18-11-13-19(14-12-18)26(31)25(30)16-28-27(32)33-17-24-22-9-3-1-7-20(22)21-8-2-4-10-23(21)24/h1-15,24-26,30-31H,16-17H2,(H,28,32)/b6-5+.